The Labute approximate surface area is 144 Å². The van der Waals surface area contributed by atoms with E-state index in [0.29, 0.717) is 29.4 Å². The number of phenolic OH excluding ortho intramolecular Hbond substituents is 1. The van der Waals surface area contributed by atoms with Crippen LogP contribution in [0.1, 0.15) is 43.2 Å². The van der Waals surface area contributed by atoms with Crippen LogP contribution in [0.4, 0.5) is 0 Å². The molecule has 1 saturated carbocycles. The minimum atomic E-state index is -4.20. The molecule has 130 valence electrons. The lowest BCUT2D eigenvalue weighted by molar-refractivity contribution is -0.126. The third-order valence-electron chi connectivity index (χ3n) is 6.05. The van der Waals surface area contributed by atoms with Crippen LogP contribution in [0.2, 0.25) is 0 Å². The van der Waals surface area contributed by atoms with Crippen molar-refractivity contribution in [1.29, 1.82) is 0 Å². The molecule has 1 N–H and O–H groups in total. The maximum atomic E-state index is 12.4. The van der Waals surface area contributed by atoms with Gasteiger partial charge in [0.25, 0.3) is 0 Å². The number of aromatic hydroxyl groups is 1. The number of phenols is 1. The van der Waals surface area contributed by atoms with Gasteiger partial charge in [0.1, 0.15) is 5.78 Å². The van der Waals surface area contributed by atoms with Gasteiger partial charge in [-0.25, -0.2) is 0 Å². The van der Waals surface area contributed by atoms with Crippen LogP contribution in [-0.4, -0.2) is 19.3 Å². The number of rotatable bonds is 0. The molecule has 0 radical (unpaired) electrons. The summed E-state index contributed by atoms with van der Waals surface area (Å²) < 4.78 is 33.3. The van der Waals surface area contributed by atoms with Gasteiger partial charge < -0.3 is 13.5 Å². The van der Waals surface area contributed by atoms with Gasteiger partial charge in [-0.1, -0.05) is 19.1 Å². The van der Waals surface area contributed by atoms with E-state index in [-0.39, 0.29) is 28.6 Å². The van der Waals surface area contributed by atoms with E-state index in [9.17, 15) is 18.3 Å². The number of carbonyl (C=O) groups is 1. The first kappa shape index (κ1) is 15.0. The zero-order chi connectivity index (χ0) is 17.6. The zero-order valence-corrected chi connectivity index (χ0v) is 14.4. The Morgan fingerprint density at radius 1 is 1.20 bits per heavy atom. The number of ketones is 1. The maximum absolute atomic E-state index is 12.4. The van der Waals surface area contributed by atoms with E-state index < -0.39 is 10.4 Å². The Bertz CT molecular complexity index is 1070. The van der Waals surface area contributed by atoms with Crippen molar-refractivity contribution in [3.63, 3.8) is 0 Å². The number of Topliss-reactive ketones (excluding diaryl/α,β-unsaturated/α-hetero) is 1. The molecule has 5 rings (SSSR count). The summed E-state index contributed by atoms with van der Waals surface area (Å²) in [4.78, 5) is 12.4. The van der Waals surface area contributed by atoms with E-state index in [0.717, 1.165) is 24.0 Å². The van der Waals surface area contributed by atoms with Crippen molar-refractivity contribution < 1.29 is 26.7 Å². The van der Waals surface area contributed by atoms with Crippen molar-refractivity contribution in [3.8, 4) is 17.2 Å². The van der Waals surface area contributed by atoms with Crippen molar-refractivity contribution in [1.82, 2.24) is 0 Å². The first-order chi connectivity index (χ1) is 11.8. The molecule has 7 heteroatoms. The summed E-state index contributed by atoms with van der Waals surface area (Å²) in [7, 11) is -4.20. The molecule has 2 aromatic carbocycles. The molecule has 0 amide bonds. The molecule has 0 aromatic heterocycles. The molecule has 0 unspecified atom stereocenters. The van der Waals surface area contributed by atoms with E-state index in [1.54, 1.807) is 0 Å². The Morgan fingerprint density at radius 2 is 1.96 bits per heavy atom. The SMILES string of the molecule is C[C@]12CCc3c(ccc4cc(O)c5c(c34)OS(=O)(=O)O5)[C@@H]1CCC2=O. The van der Waals surface area contributed by atoms with Gasteiger partial charge in [0, 0.05) is 17.2 Å². The van der Waals surface area contributed by atoms with Crippen molar-refractivity contribution in [2.75, 3.05) is 0 Å². The number of hydrogen-bond donors (Lipinski definition) is 1. The molecule has 3 aliphatic rings. The Balaban J connectivity index is 1.82. The van der Waals surface area contributed by atoms with Gasteiger partial charge >= 0.3 is 10.4 Å². The lowest BCUT2D eigenvalue weighted by Gasteiger charge is -2.37. The molecule has 1 fully saturated rings. The van der Waals surface area contributed by atoms with E-state index in [1.807, 2.05) is 19.1 Å². The fourth-order valence-electron chi connectivity index (χ4n) is 4.76. The second-order valence-corrected chi connectivity index (χ2v) is 8.44. The highest BCUT2D eigenvalue weighted by Gasteiger charge is 2.49. The summed E-state index contributed by atoms with van der Waals surface area (Å²) in [5.74, 6) is 0.0783. The fourth-order valence-corrected chi connectivity index (χ4v) is 5.52. The van der Waals surface area contributed by atoms with Gasteiger partial charge in [0.05, 0.1) is 0 Å². The second-order valence-electron chi connectivity index (χ2n) is 7.29. The average Bonchev–Trinajstić information content (AvgIpc) is 3.04. The lowest BCUT2D eigenvalue weighted by atomic mass is 9.66. The van der Waals surface area contributed by atoms with Crippen LogP contribution >= 0.6 is 0 Å². The Morgan fingerprint density at radius 3 is 2.76 bits per heavy atom. The van der Waals surface area contributed by atoms with Gasteiger partial charge in [-0.3, -0.25) is 4.79 Å². The number of hydrogen-bond acceptors (Lipinski definition) is 6. The number of aryl methyl sites for hydroxylation is 1. The minimum absolute atomic E-state index is 0.0553. The highest BCUT2D eigenvalue weighted by molar-refractivity contribution is 7.82. The molecule has 0 saturated heterocycles. The predicted octanol–water partition coefficient (Wildman–Crippen LogP) is 2.96. The van der Waals surface area contributed by atoms with Crippen LogP contribution in [0, 0.1) is 5.41 Å². The van der Waals surface area contributed by atoms with Crippen LogP contribution < -0.4 is 8.37 Å². The molecule has 2 atom stereocenters. The molecular formula is C18H16O6S. The van der Waals surface area contributed by atoms with Crippen LogP contribution in [0.3, 0.4) is 0 Å². The van der Waals surface area contributed by atoms with Crippen LogP contribution in [-0.2, 0) is 21.6 Å². The largest absolute Gasteiger partial charge is 0.504 e. The molecule has 1 heterocycles. The first-order valence-corrected chi connectivity index (χ1v) is 9.62. The summed E-state index contributed by atoms with van der Waals surface area (Å²) in [6.07, 6.45) is 2.78. The van der Waals surface area contributed by atoms with Crippen molar-refractivity contribution in [2.24, 2.45) is 5.41 Å². The van der Waals surface area contributed by atoms with E-state index in [1.165, 1.54) is 6.07 Å². The van der Waals surface area contributed by atoms with Crippen LogP contribution in [0.5, 0.6) is 17.2 Å². The quantitative estimate of drug-likeness (QED) is 0.777. The molecule has 2 aliphatic carbocycles. The molecule has 1 aliphatic heterocycles. The molecule has 6 nitrogen and oxygen atoms in total. The average molecular weight is 360 g/mol. The Kier molecular flexibility index (Phi) is 2.68. The van der Waals surface area contributed by atoms with Crippen molar-refractivity contribution in [3.05, 3.63) is 29.3 Å². The van der Waals surface area contributed by atoms with Gasteiger partial charge in [0.15, 0.2) is 5.75 Å². The number of fused-ring (bicyclic) bond motifs is 7. The van der Waals surface area contributed by atoms with Gasteiger partial charge in [-0.05, 0) is 47.8 Å². The Hall–Kier alpha value is -2.28. The molecule has 0 bridgehead atoms. The lowest BCUT2D eigenvalue weighted by Crippen LogP contribution is -2.32. The van der Waals surface area contributed by atoms with E-state index in [2.05, 4.69) is 0 Å². The molecule has 25 heavy (non-hydrogen) atoms. The highest BCUT2D eigenvalue weighted by atomic mass is 32.3. The summed E-state index contributed by atoms with van der Waals surface area (Å²) in [6, 6.07) is 5.33. The van der Waals surface area contributed by atoms with Gasteiger partial charge in [-0.2, -0.15) is 0 Å². The highest BCUT2D eigenvalue weighted by Crippen LogP contribution is 2.57. The second kappa shape index (κ2) is 4.46. The molecular weight excluding hydrogens is 344 g/mol. The third-order valence-corrected chi connectivity index (χ3v) is 6.79. The number of carbonyl (C=O) groups excluding carboxylic acids is 1. The van der Waals surface area contributed by atoms with E-state index >= 15 is 0 Å². The molecule has 0 spiro atoms. The fraction of sp³-hybridized carbons (Fsp3) is 0.389. The number of benzene rings is 2. The summed E-state index contributed by atoms with van der Waals surface area (Å²) in [6.45, 7) is 2.03. The normalized spacial score (nSPS) is 28.8. The van der Waals surface area contributed by atoms with Gasteiger partial charge in [-0.15, -0.1) is 8.42 Å². The molecule has 2 aromatic rings. The zero-order valence-electron chi connectivity index (χ0n) is 13.5. The summed E-state index contributed by atoms with van der Waals surface area (Å²) in [5.41, 5.74) is 1.73. The van der Waals surface area contributed by atoms with Crippen molar-refractivity contribution >= 4 is 27.0 Å². The van der Waals surface area contributed by atoms with Crippen molar-refractivity contribution in [2.45, 2.75) is 38.5 Å². The summed E-state index contributed by atoms with van der Waals surface area (Å²) >= 11 is 0. The minimum Gasteiger partial charge on any atom is -0.504 e. The topological polar surface area (TPSA) is 89.9 Å². The monoisotopic (exact) mass is 360 g/mol. The summed E-state index contributed by atoms with van der Waals surface area (Å²) in [5, 5.41) is 11.4. The maximum Gasteiger partial charge on any atom is 0.501 e. The third kappa shape index (κ3) is 1.84. The predicted molar refractivity (Wildman–Crippen MR) is 89.2 cm³/mol. The first-order valence-electron chi connectivity index (χ1n) is 8.29. The smallest absolute Gasteiger partial charge is 0.501 e. The van der Waals surface area contributed by atoms with E-state index in [4.69, 9.17) is 8.37 Å². The van der Waals surface area contributed by atoms with Crippen LogP contribution in [0.25, 0.3) is 10.8 Å². The van der Waals surface area contributed by atoms with Gasteiger partial charge in [0.2, 0.25) is 11.5 Å². The van der Waals surface area contributed by atoms with Crippen LogP contribution in [0.15, 0.2) is 18.2 Å². The standard InChI is InChI=1S/C18H16O6S/c1-18-7-6-11-10(12(18)4-5-14(18)20)3-2-9-8-13(19)16-17(15(9)11)24-25(21,22)23-16/h2-3,8,12,19H,4-7H2,1H3/t12-,18-/m0/s1.